The highest BCUT2D eigenvalue weighted by Crippen LogP contribution is 2.43. The lowest BCUT2D eigenvalue weighted by Crippen LogP contribution is -2.22. The van der Waals surface area contributed by atoms with E-state index in [2.05, 4.69) is 48.5 Å². The molecular formula is C20H16N2O2. The van der Waals surface area contributed by atoms with Crippen molar-refractivity contribution in [2.24, 2.45) is 9.98 Å². The number of nitrogens with zero attached hydrogens (tertiary/aromatic N) is 2. The summed E-state index contributed by atoms with van der Waals surface area (Å²) in [7, 11) is 0. The van der Waals surface area contributed by atoms with E-state index in [0.717, 1.165) is 12.8 Å². The maximum absolute atomic E-state index is 6.10. The molecule has 0 radical (unpaired) electrons. The van der Waals surface area contributed by atoms with Gasteiger partial charge in [-0.2, -0.15) is 0 Å². The summed E-state index contributed by atoms with van der Waals surface area (Å²) in [5.41, 5.74) is 5.24. The number of hydrogen-bond donors (Lipinski definition) is 0. The molecule has 2 aliphatic carbocycles. The highest BCUT2D eigenvalue weighted by atomic mass is 16.6. The highest BCUT2D eigenvalue weighted by molar-refractivity contribution is 6.36. The first kappa shape index (κ1) is 12.8. The lowest BCUT2D eigenvalue weighted by molar-refractivity contribution is 0.187. The molecule has 2 heterocycles. The summed E-state index contributed by atoms with van der Waals surface area (Å²) in [5.74, 6) is 1.18. The van der Waals surface area contributed by atoms with Gasteiger partial charge in [0, 0.05) is 12.8 Å². The summed E-state index contributed by atoms with van der Waals surface area (Å²) < 4.78 is 12.2. The summed E-state index contributed by atoms with van der Waals surface area (Å²) in [6, 6.07) is 17.1. The fourth-order valence-corrected chi connectivity index (χ4v) is 4.40. The van der Waals surface area contributed by atoms with Gasteiger partial charge in [0.2, 0.25) is 0 Å². The van der Waals surface area contributed by atoms with E-state index >= 15 is 0 Å². The van der Waals surface area contributed by atoms with Crippen LogP contribution < -0.4 is 0 Å². The Bertz CT molecular complexity index is 842. The molecule has 0 saturated carbocycles. The maximum atomic E-state index is 6.10. The van der Waals surface area contributed by atoms with Crippen molar-refractivity contribution in [3.05, 3.63) is 70.8 Å². The van der Waals surface area contributed by atoms with Gasteiger partial charge in [0.15, 0.2) is 0 Å². The van der Waals surface area contributed by atoms with Crippen molar-refractivity contribution in [3.8, 4) is 0 Å². The Hall–Kier alpha value is -2.62. The number of benzene rings is 2. The molecule has 2 aromatic rings. The first-order chi connectivity index (χ1) is 11.9. The molecule has 4 nitrogen and oxygen atoms in total. The molecule has 0 aromatic heterocycles. The molecule has 4 aliphatic rings. The largest absolute Gasteiger partial charge is 0.468 e. The molecule has 0 bridgehead atoms. The minimum atomic E-state index is 0.0928. The summed E-state index contributed by atoms with van der Waals surface area (Å²) in [6.07, 6.45) is 2.01. The van der Waals surface area contributed by atoms with E-state index in [4.69, 9.17) is 19.5 Å². The van der Waals surface area contributed by atoms with Gasteiger partial charge in [-0.05, 0) is 22.3 Å². The zero-order chi connectivity index (χ0) is 15.7. The van der Waals surface area contributed by atoms with E-state index in [1.54, 1.807) is 0 Å². The van der Waals surface area contributed by atoms with Gasteiger partial charge in [0.1, 0.15) is 24.3 Å². The molecule has 2 aliphatic heterocycles. The standard InChI is InChI=1S/C20H16N2O2/c1-3-7-13-11(5-1)9-15-17(13)21-19(23-15)20-22-18-14-8-4-2-6-12(14)10-16(18)24-20/h1-8,15-18H,9-10H2/t15-,16-,17-,18+/m1/s1. The molecule has 2 aromatic carbocycles. The van der Waals surface area contributed by atoms with E-state index in [1.807, 2.05) is 0 Å². The molecule has 6 rings (SSSR count). The molecule has 0 spiro atoms. The average molecular weight is 316 g/mol. The van der Waals surface area contributed by atoms with Crippen LogP contribution in [0.2, 0.25) is 0 Å². The Morgan fingerprint density at radius 1 is 0.667 bits per heavy atom. The number of fused-ring (bicyclic) bond motifs is 6. The molecule has 4 heteroatoms. The summed E-state index contributed by atoms with van der Waals surface area (Å²) in [6.45, 7) is 0. The second kappa shape index (κ2) is 4.47. The van der Waals surface area contributed by atoms with Crippen LogP contribution in [0.4, 0.5) is 0 Å². The SMILES string of the molecule is c1ccc2c(c1)C[C@H]1OC(C3=N[C@H]4c5ccccc5C[C@H]4O3)=N[C@H]21. The van der Waals surface area contributed by atoms with Crippen molar-refractivity contribution in [2.75, 3.05) is 0 Å². The summed E-state index contributed by atoms with van der Waals surface area (Å²) in [4.78, 5) is 9.59. The van der Waals surface area contributed by atoms with Crippen LogP contribution in [0.25, 0.3) is 0 Å². The quantitative estimate of drug-likeness (QED) is 0.811. The average Bonchev–Trinajstić information content (AvgIpc) is 3.31. The van der Waals surface area contributed by atoms with Crippen LogP contribution in [0.15, 0.2) is 58.5 Å². The second-order valence-corrected chi connectivity index (χ2v) is 6.88. The minimum Gasteiger partial charge on any atom is -0.468 e. The third-order valence-electron chi connectivity index (χ3n) is 5.52. The normalized spacial score (nSPS) is 31.3. The molecule has 24 heavy (non-hydrogen) atoms. The van der Waals surface area contributed by atoms with Crippen molar-refractivity contribution >= 4 is 11.8 Å². The van der Waals surface area contributed by atoms with Gasteiger partial charge in [0.25, 0.3) is 11.8 Å². The Labute approximate surface area is 139 Å². The second-order valence-electron chi connectivity index (χ2n) is 6.88. The van der Waals surface area contributed by atoms with Gasteiger partial charge >= 0.3 is 0 Å². The zero-order valence-corrected chi connectivity index (χ0v) is 13.1. The van der Waals surface area contributed by atoms with Gasteiger partial charge in [-0.1, -0.05) is 48.5 Å². The predicted molar refractivity (Wildman–Crippen MR) is 90.4 cm³/mol. The fourth-order valence-electron chi connectivity index (χ4n) is 4.40. The van der Waals surface area contributed by atoms with Crippen LogP contribution >= 0.6 is 0 Å². The number of rotatable bonds is 1. The number of aliphatic imine (C=N–C) groups is 2. The minimum absolute atomic E-state index is 0.0928. The first-order valence-corrected chi connectivity index (χ1v) is 8.52. The van der Waals surface area contributed by atoms with E-state index in [1.165, 1.54) is 22.3 Å². The van der Waals surface area contributed by atoms with Crippen LogP contribution in [0.3, 0.4) is 0 Å². The van der Waals surface area contributed by atoms with Gasteiger partial charge in [-0.3, -0.25) is 0 Å². The zero-order valence-electron chi connectivity index (χ0n) is 13.1. The Balaban J connectivity index is 1.34. The van der Waals surface area contributed by atoms with Crippen molar-refractivity contribution in [1.82, 2.24) is 0 Å². The van der Waals surface area contributed by atoms with Gasteiger partial charge in [-0.15, -0.1) is 0 Å². The fraction of sp³-hybridized carbons (Fsp3) is 0.300. The maximum Gasteiger partial charge on any atom is 0.274 e. The van der Waals surface area contributed by atoms with Crippen LogP contribution in [-0.2, 0) is 22.3 Å². The number of hydrogen-bond acceptors (Lipinski definition) is 4. The molecule has 0 unspecified atom stereocenters. The third kappa shape index (κ3) is 1.63. The Morgan fingerprint density at radius 3 is 1.62 bits per heavy atom. The predicted octanol–water partition coefficient (Wildman–Crippen LogP) is 3.18. The van der Waals surface area contributed by atoms with Crippen LogP contribution in [0, 0.1) is 0 Å². The van der Waals surface area contributed by atoms with E-state index in [-0.39, 0.29) is 24.3 Å². The summed E-state index contributed by atoms with van der Waals surface area (Å²) in [5, 5.41) is 0. The first-order valence-electron chi connectivity index (χ1n) is 8.52. The van der Waals surface area contributed by atoms with Gasteiger partial charge < -0.3 is 9.47 Å². The van der Waals surface area contributed by atoms with Crippen molar-refractivity contribution in [2.45, 2.75) is 37.1 Å². The Morgan fingerprint density at radius 2 is 1.12 bits per heavy atom. The van der Waals surface area contributed by atoms with E-state index in [9.17, 15) is 0 Å². The van der Waals surface area contributed by atoms with Crippen LogP contribution in [0.5, 0.6) is 0 Å². The summed E-state index contributed by atoms with van der Waals surface area (Å²) >= 11 is 0. The molecule has 118 valence electrons. The molecule has 0 saturated heterocycles. The topological polar surface area (TPSA) is 43.2 Å². The van der Waals surface area contributed by atoms with Gasteiger partial charge in [-0.25, -0.2) is 9.98 Å². The van der Waals surface area contributed by atoms with Crippen LogP contribution in [-0.4, -0.2) is 24.0 Å². The third-order valence-corrected chi connectivity index (χ3v) is 5.52. The lowest BCUT2D eigenvalue weighted by Gasteiger charge is -2.10. The number of ether oxygens (including phenoxy) is 2. The molecule has 0 N–H and O–H groups in total. The van der Waals surface area contributed by atoms with E-state index < -0.39 is 0 Å². The van der Waals surface area contributed by atoms with Crippen LogP contribution in [0.1, 0.15) is 34.3 Å². The Kier molecular flexibility index (Phi) is 2.38. The van der Waals surface area contributed by atoms with E-state index in [0.29, 0.717) is 11.8 Å². The molecule has 0 fully saturated rings. The highest BCUT2D eigenvalue weighted by Gasteiger charge is 2.45. The molecule has 0 amide bonds. The van der Waals surface area contributed by atoms with Crippen molar-refractivity contribution < 1.29 is 9.47 Å². The lowest BCUT2D eigenvalue weighted by atomic mass is 10.1. The monoisotopic (exact) mass is 316 g/mol. The smallest absolute Gasteiger partial charge is 0.274 e. The van der Waals surface area contributed by atoms with Crippen molar-refractivity contribution in [1.29, 1.82) is 0 Å². The molecular weight excluding hydrogens is 300 g/mol. The van der Waals surface area contributed by atoms with Crippen molar-refractivity contribution in [3.63, 3.8) is 0 Å². The molecule has 4 atom stereocenters. The van der Waals surface area contributed by atoms with Gasteiger partial charge in [0.05, 0.1) is 0 Å².